The third-order valence-corrected chi connectivity index (χ3v) is 4.52. The zero-order valence-corrected chi connectivity index (χ0v) is 10.8. The molecule has 1 aliphatic carbocycles. The van der Waals surface area contributed by atoms with E-state index in [9.17, 15) is 9.90 Å². The van der Waals surface area contributed by atoms with Crippen LogP contribution in [0.15, 0.2) is 4.52 Å². The second-order valence-electron chi connectivity index (χ2n) is 5.66. The molecule has 2 unspecified atom stereocenters. The Labute approximate surface area is 106 Å². The third-order valence-electron chi connectivity index (χ3n) is 4.52. The average Bonchev–Trinajstić information content (AvgIpc) is 3.00. The van der Waals surface area contributed by atoms with Crippen LogP contribution in [0.2, 0.25) is 0 Å². The van der Waals surface area contributed by atoms with Gasteiger partial charge in [0.1, 0.15) is 5.76 Å². The van der Waals surface area contributed by atoms with Crippen molar-refractivity contribution in [1.82, 2.24) is 10.1 Å². The van der Waals surface area contributed by atoms with Crippen LogP contribution in [0, 0.1) is 25.2 Å². The minimum Gasteiger partial charge on any atom is -0.481 e. The Morgan fingerprint density at radius 2 is 2.39 bits per heavy atom. The molecular formula is C13H18N2O3. The van der Waals surface area contributed by atoms with Crippen molar-refractivity contribution >= 4 is 5.97 Å². The molecule has 0 radical (unpaired) electrons. The van der Waals surface area contributed by atoms with E-state index in [4.69, 9.17) is 4.52 Å². The first-order valence-electron chi connectivity index (χ1n) is 6.40. The maximum atomic E-state index is 11.3. The molecule has 0 spiro atoms. The summed E-state index contributed by atoms with van der Waals surface area (Å²) in [6, 6.07) is 0. The number of carboxylic acids is 1. The highest BCUT2D eigenvalue weighted by Gasteiger charge is 2.62. The molecule has 1 aromatic rings. The summed E-state index contributed by atoms with van der Waals surface area (Å²) in [5.74, 6) is 0.613. The molecule has 5 heteroatoms. The highest BCUT2D eigenvalue weighted by molar-refractivity contribution is 5.79. The summed E-state index contributed by atoms with van der Waals surface area (Å²) in [5.41, 5.74) is 1.56. The first kappa shape index (κ1) is 11.7. The summed E-state index contributed by atoms with van der Waals surface area (Å²) in [7, 11) is 0. The van der Waals surface area contributed by atoms with Crippen molar-refractivity contribution in [2.75, 3.05) is 13.1 Å². The first-order chi connectivity index (χ1) is 8.53. The van der Waals surface area contributed by atoms with Crippen molar-refractivity contribution in [3.63, 3.8) is 0 Å². The Bertz CT molecular complexity index is 477. The minimum absolute atomic E-state index is 0.399. The maximum absolute atomic E-state index is 11.3. The number of hydrogen-bond acceptors (Lipinski definition) is 4. The summed E-state index contributed by atoms with van der Waals surface area (Å²) in [6.07, 6.45) is 1.84. The maximum Gasteiger partial charge on any atom is 0.311 e. The number of piperidine rings is 1. The van der Waals surface area contributed by atoms with Crippen LogP contribution in [0.1, 0.15) is 29.9 Å². The normalized spacial score (nSPS) is 31.1. The fraction of sp³-hybridized carbons (Fsp3) is 0.692. The summed E-state index contributed by atoms with van der Waals surface area (Å²) in [6.45, 7) is 6.23. The number of rotatable bonds is 3. The van der Waals surface area contributed by atoms with E-state index < -0.39 is 11.4 Å². The Kier molecular flexibility index (Phi) is 2.48. The summed E-state index contributed by atoms with van der Waals surface area (Å²) < 4.78 is 5.15. The number of fused-ring (bicyclic) bond motifs is 1. The predicted octanol–water partition coefficient (Wildman–Crippen LogP) is 1.59. The number of hydrogen-bond donors (Lipinski definition) is 1. The van der Waals surface area contributed by atoms with Gasteiger partial charge in [-0.1, -0.05) is 5.16 Å². The van der Waals surface area contributed by atoms with E-state index in [1.165, 1.54) is 0 Å². The van der Waals surface area contributed by atoms with Gasteiger partial charge in [0.15, 0.2) is 0 Å². The molecule has 1 N–H and O–H groups in total. The monoisotopic (exact) mass is 250 g/mol. The van der Waals surface area contributed by atoms with Gasteiger partial charge in [0.05, 0.1) is 11.1 Å². The first-order valence-corrected chi connectivity index (χ1v) is 6.40. The molecule has 2 aliphatic rings. The number of likely N-dealkylation sites (tertiary alicyclic amines) is 1. The molecule has 18 heavy (non-hydrogen) atoms. The average molecular weight is 250 g/mol. The van der Waals surface area contributed by atoms with Gasteiger partial charge in [0.2, 0.25) is 0 Å². The molecule has 98 valence electrons. The van der Waals surface area contributed by atoms with E-state index in [0.717, 1.165) is 42.9 Å². The molecule has 0 bridgehead atoms. The highest BCUT2D eigenvalue weighted by Crippen LogP contribution is 2.57. The zero-order valence-electron chi connectivity index (χ0n) is 10.8. The van der Waals surface area contributed by atoms with Crippen molar-refractivity contribution in [1.29, 1.82) is 0 Å². The van der Waals surface area contributed by atoms with Crippen LogP contribution in [0.25, 0.3) is 0 Å². The van der Waals surface area contributed by atoms with Crippen LogP contribution in [0.3, 0.4) is 0 Å². The Balaban J connectivity index is 1.73. The second-order valence-corrected chi connectivity index (χ2v) is 5.66. The molecule has 2 atom stereocenters. The SMILES string of the molecule is Cc1noc(C)c1CN1CCC2CC2(C(=O)O)C1. The lowest BCUT2D eigenvalue weighted by Gasteiger charge is -2.30. The lowest BCUT2D eigenvalue weighted by molar-refractivity contribution is -0.145. The molecular weight excluding hydrogens is 232 g/mol. The van der Waals surface area contributed by atoms with Crippen LogP contribution in [0.4, 0.5) is 0 Å². The molecule has 1 saturated heterocycles. The number of aromatic nitrogens is 1. The number of carboxylic acid groups (broad SMARTS) is 1. The minimum atomic E-state index is -0.629. The van der Waals surface area contributed by atoms with Gasteiger partial charge in [0, 0.05) is 18.7 Å². The van der Waals surface area contributed by atoms with E-state index in [2.05, 4.69) is 10.1 Å². The van der Waals surface area contributed by atoms with Gasteiger partial charge in [-0.25, -0.2) is 0 Å². The summed E-state index contributed by atoms with van der Waals surface area (Å²) >= 11 is 0. The Morgan fingerprint density at radius 1 is 1.61 bits per heavy atom. The Hall–Kier alpha value is -1.36. The van der Waals surface area contributed by atoms with Crippen LogP contribution in [-0.4, -0.2) is 34.2 Å². The largest absolute Gasteiger partial charge is 0.481 e. The predicted molar refractivity (Wildman–Crippen MR) is 64.0 cm³/mol. The van der Waals surface area contributed by atoms with E-state index in [0.29, 0.717) is 12.5 Å². The molecule has 0 amide bonds. The standard InChI is InChI=1S/C13H18N2O3/c1-8-11(9(2)18-14-8)6-15-4-3-10-5-13(10,7-15)12(16)17/h10H,3-7H2,1-2H3,(H,16,17). The van der Waals surface area contributed by atoms with Crippen molar-refractivity contribution < 1.29 is 14.4 Å². The van der Waals surface area contributed by atoms with Gasteiger partial charge in [-0.3, -0.25) is 9.69 Å². The number of nitrogens with zero attached hydrogens (tertiary/aromatic N) is 2. The Morgan fingerprint density at radius 3 is 3.00 bits per heavy atom. The smallest absolute Gasteiger partial charge is 0.311 e. The van der Waals surface area contributed by atoms with Crippen molar-refractivity contribution in [2.45, 2.75) is 33.2 Å². The van der Waals surface area contributed by atoms with E-state index in [-0.39, 0.29) is 0 Å². The molecule has 2 heterocycles. The molecule has 2 fully saturated rings. The van der Waals surface area contributed by atoms with Gasteiger partial charge >= 0.3 is 5.97 Å². The number of aryl methyl sites for hydroxylation is 2. The third kappa shape index (κ3) is 1.65. The van der Waals surface area contributed by atoms with E-state index in [1.54, 1.807) is 0 Å². The van der Waals surface area contributed by atoms with Crippen LogP contribution < -0.4 is 0 Å². The van der Waals surface area contributed by atoms with Crippen LogP contribution in [0.5, 0.6) is 0 Å². The molecule has 5 nitrogen and oxygen atoms in total. The van der Waals surface area contributed by atoms with E-state index in [1.807, 2.05) is 13.8 Å². The highest BCUT2D eigenvalue weighted by atomic mass is 16.5. The van der Waals surface area contributed by atoms with Crippen molar-refractivity contribution in [3.05, 3.63) is 17.0 Å². The summed E-state index contributed by atoms with van der Waals surface area (Å²) in [4.78, 5) is 13.6. The second kappa shape index (κ2) is 3.82. The fourth-order valence-corrected chi connectivity index (χ4v) is 3.19. The van der Waals surface area contributed by atoms with Gasteiger partial charge in [-0.05, 0) is 39.2 Å². The lowest BCUT2D eigenvalue weighted by Crippen LogP contribution is -2.40. The molecule has 1 saturated carbocycles. The van der Waals surface area contributed by atoms with Crippen molar-refractivity contribution in [2.24, 2.45) is 11.3 Å². The number of carbonyl (C=O) groups is 1. The van der Waals surface area contributed by atoms with Gasteiger partial charge in [0.25, 0.3) is 0 Å². The molecule has 1 aliphatic heterocycles. The molecule has 0 aromatic carbocycles. The van der Waals surface area contributed by atoms with Gasteiger partial charge in [-0.15, -0.1) is 0 Å². The summed E-state index contributed by atoms with van der Waals surface area (Å²) in [5, 5.41) is 13.3. The van der Waals surface area contributed by atoms with Gasteiger partial charge < -0.3 is 9.63 Å². The topological polar surface area (TPSA) is 66.6 Å². The quantitative estimate of drug-likeness (QED) is 0.882. The molecule has 3 rings (SSSR count). The lowest BCUT2D eigenvalue weighted by atomic mass is 9.97. The molecule has 1 aromatic heterocycles. The fourth-order valence-electron chi connectivity index (χ4n) is 3.19. The van der Waals surface area contributed by atoms with Crippen LogP contribution in [-0.2, 0) is 11.3 Å². The van der Waals surface area contributed by atoms with Gasteiger partial charge in [-0.2, -0.15) is 0 Å². The zero-order chi connectivity index (χ0) is 12.9. The number of aliphatic carboxylic acids is 1. The van der Waals surface area contributed by atoms with Crippen LogP contribution >= 0.6 is 0 Å². The van der Waals surface area contributed by atoms with E-state index >= 15 is 0 Å². The van der Waals surface area contributed by atoms with Crippen molar-refractivity contribution in [3.8, 4) is 0 Å².